The van der Waals surface area contributed by atoms with Crippen molar-refractivity contribution in [3.63, 3.8) is 0 Å². The number of hydrogen-bond donors (Lipinski definition) is 1. The topological polar surface area (TPSA) is 49.6 Å². The molecule has 0 aliphatic heterocycles. The summed E-state index contributed by atoms with van der Waals surface area (Å²) >= 11 is 0. The number of nitrogens with zero attached hydrogens (tertiary/aromatic N) is 2. The highest BCUT2D eigenvalue weighted by Gasteiger charge is 2.14. The molecule has 0 aliphatic rings. The third-order valence-corrected chi connectivity index (χ3v) is 2.58. The van der Waals surface area contributed by atoms with Crippen molar-refractivity contribution in [2.24, 2.45) is 5.73 Å². The van der Waals surface area contributed by atoms with Gasteiger partial charge >= 0.3 is 0 Å². The number of hydrogen-bond acceptors (Lipinski definition) is 3. The monoisotopic (exact) mass is 239 g/mol. The van der Waals surface area contributed by atoms with E-state index in [2.05, 4.69) is 0 Å². The maximum absolute atomic E-state index is 13.5. The standard InChI is InChI=1S/C12H18FN3O/c1-15(2)12(17)8-16(3)11-6-4-5-10(13)9(11)7-14/h4-6H,7-8,14H2,1-3H3. The van der Waals surface area contributed by atoms with Crippen LogP contribution < -0.4 is 10.6 Å². The van der Waals surface area contributed by atoms with E-state index in [1.54, 1.807) is 38.2 Å². The first kappa shape index (κ1) is 13.4. The van der Waals surface area contributed by atoms with Crippen LogP contribution in [0.5, 0.6) is 0 Å². The maximum atomic E-state index is 13.5. The van der Waals surface area contributed by atoms with Gasteiger partial charge in [-0.15, -0.1) is 0 Å². The number of likely N-dealkylation sites (N-methyl/N-ethyl adjacent to an activating group) is 2. The molecule has 0 fully saturated rings. The minimum absolute atomic E-state index is 0.0419. The smallest absolute Gasteiger partial charge is 0.241 e. The van der Waals surface area contributed by atoms with Gasteiger partial charge in [-0.3, -0.25) is 4.79 Å². The van der Waals surface area contributed by atoms with Gasteiger partial charge in [0.25, 0.3) is 0 Å². The Balaban J connectivity index is 2.92. The molecule has 0 saturated carbocycles. The van der Waals surface area contributed by atoms with E-state index in [4.69, 9.17) is 5.73 Å². The highest BCUT2D eigenvalue weighted by atomic mass is 19.1. The molecule has 5 heteroatoms. The molecule has 1 aromatic carbocycles. The quantitative estimate of drug-likeness (QED) is 0.846. The molecule has 1 rings (SSSR count). The van der Waals surface area contributed by atoms with Crippen LogP contribution in [-0.4, -0.2) is 38.5 Å². The van der Waals surface area contributed by atoms with E-state index in [0.29, 0.717) is 11.3 Å². The van der Waals surface area contributed by atoms with Crippen molar-refractivity contribution in [3.8, 4) is 0 Å². The van der Waals surface area contributed by atoms with Crippen LogP contribution in [0.15, 0.2) is 18.2 Å². The summed E-state index contributed by atoms with van der Waals surface area (Å²) in [7, 11) is 5.12. The Morgan fingerprint density at radius 3 is 2.53 bits per heavy atom. The Hall–Kier alpha value is -1.62. The number of nitrogens with two attached hydrogens (primary N) is 1. The molecule has 94 valence electrons. The lowest BCUT2D eigenvalue weighted by atomic mass is 10.1. The second-order valence-corrected chi connectivity index (χ2v) is 4.09. The fourth-order valence-corrected chi connectivity index (χ4v) is 1.54. The third-order valence-electron chi connectivity index (χ3n) is 2.58. The first-order valence-electron chi connectivity index (χ1n) is 5.36. The summed E-state index contributed by atoms with van der Waals surface area (Å²) in [6, 6.07) is 4.74. The Kier molecular flexibility index (Phi) is 4.45. The maximum Gasteiger partial charge on any atom is 0.241 e. The lowest BCUT2D eigenvalue weighted by molar-refractivity contribution is -0.127. The van der Waals surface area contributed by atoms with Gasteiger partial charge in [-0.1, -0.05) is 6.07 Å². The molecular weight excluding hydrogens is 221 g/mol. The minimum Gasteiger partial charge on any atom is -0.365 e. The van der Waals surface area contributed by atoms with Gasteiger partial charge in [-0.2, -0.15) is 0 Å². The largest absolute Gasteiger partial charge is 0.365 e. The van der Waals surface area contributed by atoms with Crippen molar-refractivity contribution >= 4 is 11.6 Å². The van der Waals surface area contributed by atoms with Gasteiger partial charge in [0.2, 0.25) is 5.91 Å². The van der Waals surface area contributed by atoms with E-state index in [1.165, 1.54) is 11.0 Å². The highest BCUT2D eigenvalue weighted by Crippen LogP contribution is 2.21. The zero-order valence-electron chi connectivity index (χ0n) is 10.4. The van der Waals surface area contributed by atoms with Crippen molar-refractivity contribution < 1.29 is 9.18 Å². The van der Waals surface area contributed by atoms with Gasteiger partial charge in [0.05, 0.1) is 6.54 Å². The minimum atomic E-state index is -0.339. The SMILES string of the molecule is CN(C)C(=O)CN(C)c1cccc(F)c1CN. The molecule has 2 N–H and O–H groups in total. The van der Waals surface area contributed by atoms with Crippen LogP contribution in [0.3, 0.4) is 0 Å². The van der Waals surface area contributed by atoms with Gasteiger partial charge in [0.15, 0.2) is 0 Å². The number of benzene rings is 1. The zero-order chi connectivity index (χ0) is 13.0. The lowest BCUT2D eigenvalue weighted by Gasteiger charge is -2.23. The van der Waals surface area contributed by atoms with Crippen LogP contribution in [0, 0.1) is 5.82 Å². The predicted octanol–water partition coefficient (Wildman–Crippen LogP) is 0.809. The average Bonchev–Trinajstić information content (AvgIpc) is 2.28. The molecule has 0 aromatic heterocycles. The number of amides is 1. The van der Waals surface area contributed by atoms with Crippen molar-refractivity contribution in [2.45, 2.75) is 6.54 Å². The third kappa shape index (κ3) is 3.17. The van der Waals surface area contributed by atoms with E-state index >= 15 is 0 Å². The lowest BCUT2D eigenvalue weighted by Crippen LogP contribution is -2.35. The molecule has 1 aromatic rings. The molecule has 0 aliphatic carbocycles. The van der Waals surface area contributed by atoms with Crippen LogP contribution >= 0.6 is 0 Å². The molecule has 0 spiro atoms. The summed E-state index contributed by atoms with van der Waals surface area (Å²) in [6.07, 6.45) is 0. The highest BCUT2D eigenvalue weighted by molar-refractivity contribution is 5.81. The molecule has 0 unspecified atom stereocenters. The van der Waals surface area contributed by atoms with Crippen LogP contribution in [0.2, 0.25) is 0 Å². The van der Waals surface area contributed by atoms with Crippen LogP contribution in [0.4, 0.5) is 10.1 Å². The number of rotatable bonds is 4. The zero-order valence-corrected chi connectivity index (χ0v) is 10.4. The van der Waals surface area contributed by atoms with Crippen molar-refractivity contribution in [2.75, 3.05) is 32.6 Å². The predicted molar refractivity (Wildman–Crippen MR) is 66.3 cm³/mol. The molecule has 0 saturated heterocycles. The fourth-order valence-electron chi connectivity index (χ4n) is 1.54. The number of carbonyl (C=O) groups is 1. The van der Waals surface area contributed by atoms with Gasteiger partial charge in [0.1, 0.15) is 5.82 Å². The first-order valence-corrected chi connectivity index (χ1v) is 5.36. The molecule has 0 bridgehead atoms. The second-order valence-electron chi connectivity index (χ2n) is 4.09. The Morgan fingerprint density at radius 2 is 2.00 bits per heavy atom. The van der Waals surface area contributed by atoms with Crippen LogP contribution in [0.1, 0.15) is 5.56 Å². The van der Waals surface area contributed by atoms with Crippen LogP contribution in [0.25, 0.3) is 0 Å². The van der Waals surface area contributed by atoms with Crippen LogP contribution in [-0.2, 0) is 11.3 Å². The summed E-state index contributed by atoms with van der Waals surface area (Å²) in [5.74, 6) is -0.381. The van der Waals surface area contributed by atoms with Crippen molar-refractivity contribution in [1.82, 2.24) is 4.90 Å². The fraction of sp³-hybridized carbons (Fsp3) is 0.417. The molecule has 0 heterocycles. The second kappa shape index (κ2) is 5.63. The summed E-state index contributed by atoms with van der Waals surface area (Å²) in [5, 5.41) is 0. The molecule has 1 amide bonds. The molecular formula is C12H18FN3O. The van der Waals surface area contributed by atoms with Crippen molar-refractivity contribution in [1.29, 1.82) is 0 Å². The van der Waals surface area contributed by atoms with Gasteiger partial charge in [-0.05, 0) is 12.1 Å². The van der Waals surface area contributed by atoms with E-state index in [-0.39, 0.29) is 24.8 Å². The number of halogens is 1. The van der Waals surface area contributed by atoms with E-state index in [1.807, 2.05) is 0 Å². The molecule has 0 radical (unpaired) electrons. The van der Waals surface area contributed by atoms with E-state index in [0.717, 1.165) is 0 Å². The number of carbonyl (C=O) groups excluding carboxylic acids is 1. The molecule has 17 heavy (non-hydrogen) atoms. The Bertz CT molecular complexity index is 407. The Morgan fingerprint density at radius 1 is 1.35 bits per heavy atom. The Labute approximate surface area is 101 Å². The summed E-state index contributed by atoms with van der Waals surface area (Å²) in [6.45, 7) is 0.311. The van der Waals surface area contributed by atoms with E-state index in [9.17, 15) is 9.18 Å². The average molecular weight is 239 g/mol. The van der Waals surface area contributed by atoms with Gasteiger partial charge in [-0.25, -0.2) is 4.39 Å². The normalized spacial score (nSPS) is 10.2. The molecule has 0 atom stereocenters. The summed E-state index contributed by atoms with van der Waals surface area (Å²) in [4.78, 5) is 14.8. The van der Waals surface area contributed by atoms with Gasteiger partial charge in [0, 0.05) is 38.9 Å². The molecule has 4 nitrogen and oxygen atoms in total. The van der Waals surface area contributed by atoms with Crippen molar-refractivity contribution in [3.05, 3.63) is 29.6 Å². The number of anilines is 1. The van der Waals surface area contributed by atoms with Gasteiger partial charge < -0.3 is 15.5 Å². The first-order chi connectivity index (χ1) is 7.97. The summed E-state index contributed by atoms with van der Waals surface area (Å²) in [5.41, 5.74) is 6.61. The summed E-state index contributed by atoms with van der Waals surface area (Å²) < 4.78 is 13.5. The van der Waals surface area contributed by atoms with E-state index < -0.39 is 0 Å².